The molecule has 0 radical (unpaired) electrons. The minimum Gasteiger partial charge on any atom is -0.255 e. The van der Waals surface area contributed by atoms with Crippen molar-refractivity contribution in [3.63, 3.8) is 0 Å². The summed E-state index contributed by atoms with van der Waals surface area (Å²) in [5.41, 5.74) is 21.8. The van der Waals surface area contributed by atoms with Crippen LogP contribution in [-0.2, 0) is 0 Å². The van der Waals surface area contributed by atoms with E-state index < -0.39 is 0 Å². The van der Waals surface area contributed by atoms with Gasteiger partial charge in [-0.05, 0) is 116 Å². The van der Waals surface area contributed by atoms with Crippen LogP contribution in [0.2, 0.25) is 0 Å². The zero-order valence-electron chi connectivity index (χ0n) is 36.8. The summed E-state index contributed by atoms with van der Waals surface area (Å²) in [5, 5.41) is 0. The van der Waals surface area contributed by atoms with Crippen LogP contribution in [0, 0.1) is 0 Å². The maximum atomic E-state index is 5.12. The van der Waals surface area contributed by atoms with Crippen molar-refractivity contribution in [2.45, 2.75) is 11.8 Å². The maximum Gasteiger partial charge on any atom is 0.160 e. The Labute approximate surface area is 394 Å². The van der Waals surface area contributed by atoms with Crippen LogP contribution in [0.3, 0.4) is 0 Å². The molecule has 6 nitrogen and oxygen atoms in total. The molecule has 14 rings (SSSR count). The Bertz CT molecular complexity index is 3330. The second kappa shape index (κ2) is 16.5. The Morgan fingerprint density at radius 2 is 0.588 bits per heavy atom. The van der Waals surface area contributed by atoms with Gasteiger partial charge in [-0.1, -0.05) is 158 Å². The predicted octanol–water partition coefficient (Wildman–Crippen LogP) is 14.4. The van der Waals surface area contributed by atoms with Gasteiger partial charge >= 0.3 is 0 Å². The normalized spacial score (nSPS) is 14.2. The van der Waals surface area contributed by atoms with Gasteiger partial charge in [0.25, 0.3) is 0 Å². The van der Waals surface area contributed by atoms with Crippen LogP contribution in [0.5, 0.6) is 0 Å². The molecule has 2 bridgehead atoms. The lowest BCUT2D eigenvalue weighted by Gasteiger charge is -2.42. The molecule has 2 atom stereocenters. The average molecular weight is 869 g/mol. The Hall–Kier alpha value is -9.00. The molecule has 0 aliphatic heterocycles. The molecule has 0 saturated carbocycles. The summed E-state index contributed by atoms with van der Waals surface area (Å²) in [5.74, 6) is 1.57. The molecule has 0 fully saturated rings. The summed E-state index contributed by atoms with van der Waals surface area (Å²) in [7, 11) is 0. The molecule has 0 amide bonds. The van der Waals surface area contributed by atoms with Crippen molar-refractivity contribution in [3.8, 4) is 90.3 Å². The molecule has 318 valence electrons. The lowest BCUT2D eigenvalue weighted by atomic mass is 9.60. The third kappa shape index (κ3) is 6.98. The van der Waals surface area contributed by atoms with E-state index in [2.05, 4.69) is 156 Å². The molecule has 7 aromatic carbocycles. The first kappa shape index (κ1) is 39.4. The Balaban J connectivity index is 0.867. The summed E-state index contributed by atoms with van der Waals surface area (Å²) < 4.78 is 0. The minimum atomic E-state index is 0.114. The van der Waals surface area contributed by atoms with E-state index in [9.17, 15) is 0 Å². The second-order valence-corrected chi connectivity index (χ2v) is 17.4. The van der Waals surface area contributed by atoms with Crippen molar-refractivity contribution in [2.75, 3.05) is 0 Å². The molecule has 0 spiro atoms. The zero-order chi connectivity index (χ0) is 45.0. The zero-order valence-corrected chi connectivity index (χ0v) is 36.8. The standard InChI is InChI=1S/C62H40N6/c1-3-15-39(16-4-1)61-65-55(37-57(67-61)53-25-9-11-31-63-53)45-21-13-19-41(33-45)43-27-29-49-51(35-43)59-47-23-7-8-24-48(47)60(49)52-36-44(28-30-50(52)59)42-20-14-22-46(34-42)56-38-58(54-26-10-12-32-64-54)68-62(66-56)40-17-5-2-6-18-40/h1-38,59-60H. The largest absolute Gasteiger partial charge is 0.255 e. The van der Waals surface area contributed by atoms with Crippen LogP contribution in [0.1, 0.15) is 45.2 Å². The van der Waals surface area contributed by atoms with Crippen molar-refractivity contribution in [1.82, 2.24) is 29.9 Å². The first-order chi connectivity index (χ1) is 33.7. The summed E-state index contributed by atoms with van der Waals surface area (Å²) >= 11 is 0. The van der Waals surface area contributed by atoms with E-state index in [1.807, 2.05) is 72.8 Å². The van der Waals surface area contributed by atoms with Gasteiger partial charge in [-0.15, -0.1) is 0 Å². The molecule has 0 saturated heterocycles. The number of rotatable bonds is 8. The summed E-state index contributed by atoms with van der Waals surface area (Å²) in [6.07, 6.45) is 3.61. The van der Waals surface area contributed by atoms with Crippen LogP contribution < -0.4 is 0 Å². The molecule has 68 heavy (non-hydrogen) atoms. The molecule has 11 aromatic rings. The molecule has 0 N–H and O–H groups in total. The first-order valence-corrected chi connectivity index (χ1v) is 23.0. The SMILES string of the molecule is c1ccc(-c2nc(-c3cccc(-c4ccc5c(c4)C4c6ccccc6C5c5cc(-c6cccc(-c7cc(-c8ccccn8)nc(-c8ccccc8)n7)c6)ccc54)c3)cc(-c3ccccn3)n2)cc1. The molecule has 3 aliphatic carbocycles. The molecule has 6 heteroatoms. The topological polar surface area (TPSA) is 77.3 Å². The van der Waals surface area contributed by atoms with Crippen LogP contribution >= 0.6 is 0 Å². The van der Waals surface area contributed by atoms with Crippen LogP contribution in [0.15, 0.2) is 231 Å². The van der Waals surface area contributed by atoms with Gasteiger partial charge in [0, 0.05) is 46.5 Å². The highest BCUT2D eigenvalue weighted by Crippen LogP contribution is 2.57. The minimum absolute atomic E-state index is 0.114. The highest BCUT2D eigenvalue weighted by atomic mass is 14.9. The van der Waals surface area contributed by atoms with Crippen LogP contribution in [-0.4, -0.2) is 29.9 Å². The van der Waals surface area contributed by atoms with Crippen molar-refractivity contribution >= 4 is 0 Å². The maximum absolute atomic E-state index is 5.12. The highest BCUT2D eigenvalue weighted by molar-refractivity contribution is 5.80. The fourth-order valence-corrected chi connectivity index (χ4v) is 10.2. The third-order valence-corrected chi connectivity index (χ3v) is 13.4. The van der Waals surface area contributed by atoms with Crippen LogP contribution in [0.25, 0.3) is 90.3 Å². The Morgan fingerprint density at radius 1 is 0.221 bits per heavy atom. The predicted molar refractivity (Wildman–Crippen MR) is 271 cm³/mol. The van der Waals surface area contributed by atoms with Crippen LogP contribution in [0.4, 0.5) is 0 Å². The third-order valence-electron chi connectivity index (χ3n) is 13.4. The number of aromatic nitrogens is 6. The summed E-state index contributed by atoms with van der Waals surface area (Å²) in [6.45, 7) is 0. The first-order valence-electron chi connectivity index (χ1n) is 23.0. The fourth-order valence-electron chi connectivity index (χ4n) is 10.2. The molecule has 3 aliphatic rings. The van der Waals surface area contributed by atoms with Gasteiger partial charge in [0.1, 0.15) is 0 Å². The van der Waals surface area contributed by atoms with Gasteiger partial charge in [-0.3, -0.25) is 9.97 Å². The van der Waals surface area contributed by atoms with Crippen molar-refractivity contribution in [1.29, 1.82) is 0 Å². The number of nitrogens with zero attached hydrogens (tertiary/aromatic N) is 6. The number of benzene rings is 7. The lowest BCUT2D eigenvalue weighted by Crippen LogP contribution is -2.27. The number of hydrogen-bond acceptors (Lipinski definition) is 6. The molecular formula is C62H40N6. The molecule has 4 aromatic heterocycles. The fraction of sp³-hybridized carbons (Fsp3) is 0.0323. The molecule has 4 heterocycles. The van der Waals surface area contributed by atoms with Gasteiger partial charge in [0.15, 0.2) is 11.6 Å². The quantitative estimate of drug-likeness (QED) is 0.151. The van der Waals surface area contributed by atoms with Gasteiger partial charge < -0.3 is 0 Å². The lowest BCUT2D eigenvalue weighted by molar-refractivity contribution is 0.755. The number of hydrogen-bond donors (Lipinski definition) is 0. The van der Waals surface area contributed by atoms with E-state index in [0.717, 1.165) is 67.5 Å². The number of pyridine rings is 2. The molecule has 2 unspecified atom stereocenters. The van der Waals surface area contributed by atoms with Crippen molar-refractivity contribution < 1.29 is 0 Å². The van der Waals surface area contributed by atoms with E-state index >= 15 is 0 Å². The van der Waals surface area contributed by atoms with E-state index in [4.69, 9.17) is 19.9 Å². The Kier molecular flexibility index (Phi) is 9.53. The summed E-state index contributed by atoms with van der Waals surface area (Å²) in [6, 6.07) is 76.9. The highest BCUT2D eigenvalue weighted by Gasteiger charge is 2.41. The Morgan fingerprint density at radius 3 is 1.03 bits per heavy atom. The summed E-state index contributed by atoms with van der Waals surface area (Å²) in [4.78, 5) is 29.4. The van der Waals surface area contributed by atoms with Gasteiger partial charge in [0.05, 0.1) is 34.2 Å². The monoisotopic (exact) mass is 868 g/mol. The van der Waals surface area contributed by atoms with E-state index in [1.54, 1.807) is 12.4 Å². The average Bonchev–Trinajstić information content (AvgIpc) is 3.43. The van der Waals surface area contributed by atoms with Gasteiger partial charge in [-0.2, -0.15) is 0 Å². The molecular weight excluding hydrogens is 829 g/mol. The van der Waals surface area contributed by atoms with Crippen molar-refractivity contribution in [2.24, 2.45) is 0 Å². The van der Waals surface area contributed by atoms with E-state index in [-0.39, 0.29) is 11.8 Å². The van der Waals surface area contributed by atoms with Gasteiger partial charge in [0.2, 0.25) is 0 Å². The second-order valence-electron chi connectivity index (χ2n) is 17.4. The van der Waals surface area contributed by atoms with E-state index in [1.165, 1.54) is 44.5 Å². The van der Waals surface area contributed by atoms with Crippen molar-refractivity contribution in [3.05, 3.63) is 264 Å². The van der Waals surface area contributed by atoms with Gasteiger partial charge in [-0.25, -0.2) is 19.9 Å². The van der Waals surface area contributed by atoms with E-state index in [0.29, 0.717) is 11.6 Å². The smallest absolute Gasteiger partial charge is 0.160 e.